The molecule has 3 aromatic carbocycles. The fraction of sp³-hybridized carbons (Fsp3) is 0.281. The standard InChI is InChI=1S/C32H30ClF3N2O4/c33-29-26(32(34,35)36)7-4-8-27(29)38-31(42)25(23-15-13-22(14-16-23)21-5-2-1-3-6-21)19-20-9-11-24(12-10-20)30(41)37-18-17-28(39)40/h4-5,7-16,25H,1-3,6,17-19H2,(H,37,41)(H,38,42)(H,39,40). The predicted octanol–water partition coefficient (Wildman–Crippen LogP) is 7.49. The molecule has 0 bridgehead atoms. The van der Waals surface area contributed by atoms with Crippen LogP contribution in [0.15, 0.2) is 72.8 Å². The van der Waals surface area contributed by atoms with Crippen molar-refractivity contribution in [3.05, 3.63) is 106 Å². The largest absolute Gasteiger partial charge is 0.481 e. The first-order valence-corrected chi connectivity index (χ1v) is 14.0. The summed E-state index contributed by atoms with van der Waals surface area (Å²) in [6.07, 6.45) is 1.81. The quantitative estimate of drug-likeness (QED) is 0.225. The smallest absolute Gasteiger partial charge is 0.417 e. The van der Waals surface area contributed by atoms with Crippen LogP contribution in [0, 0.1) is 0 Å². The lowest BCUT2D eigenvalue weighted by Crippen LogP contribution is -2.26. The number of alkyl halides is 3. The van der Waals surface area contributed by atoms with E-state index in [1.807, 2.05) is 24.3 Å². The Kier molecular flexibility index (Phi) is 10.1. The summed E-state index contributed by atoms with van der Waals surface area (Å²) in [5.74, 6) is -2.76. The minimum Gasteiger partial charge on any atom is -0.481 e. The Balaban J connectivity index is 1.58. The number of benzene rings is 3. The molecule has 0 heterocycles. The number of amides is 2. The second kappa shape index (κ2) is 13.7. The molecule has 2 amide bonds. The average Bonchev–Trinajstić information content (AvgIpc) is 2.97. The van der Waals surface area contributed by atoms with Crippen LogP contribution in [-0.2, 0) is 22.2 Å². The van der Waals surface area contributed by atoms with Gasteiger partial charge in [0.1, 0.15) is 0 Å². The first-order valence-electron chi connectivity index (χ1n) is 13.6. The first-order chi connectivity index (χ1) is 20.0. The van der Waals surface area contributed by atoms with Crippen LogP contribution in [0.1, 0.15) is 70.6 Å². The van der Waals surface area contributed by atoms with E-state index in [-0.39, 0.29) is 25.1 Å². The van der Waals surface area contributed by atoms with E-state index in [0.29, 0.717) is 16.7 Å². The molecule has 0 radical (unpaired) electrons. The van der Waals surface area contributed by atoms with Crippen molar-refractivity contribution >= 4 is 40.6 Å². The Labute approximate surface area is 246 Å². The number of aliphatic carboxylic acids is 1. The van der Waals surface area contributed by atoms with Crippen molar-refractivity contribution in [3.63, 3.8) is 0 Å². The van der Waals surface area contributed by atoms with Crippen molar-refractivity contribution < 1.29 is 32.7 Å². The molecule has 6 nitrogen and oxygen atoms in total. The first kappa shape index (κ1) is 30.8. The summed E-state index contributed by atoms with van der Waals surface area (Å²) in [5, 5.41) is 13.3. The maximum atomic E-state index is 13.6. The second-order valence-corrected chi connectivity index (χ2v) is 10.5. The van der Waals surface area contributed by atoms with Gasteiger partial charge >= 0.3 is 12.1 Å². The van der Waals surface area contributed by atoms with Crippen molar-refractivity contribution in [1.29, 1.82) is 0 Å². The Morgan fingerprint density at radius 2 is 1.67 bits per heavy atom. The monoisotopic (exact) mass is 598 g/mol. The van der Waals surface area contributed by atoms with Crippen molar-refractivity contribution in [1.82, 2.24) is 5.32 Å². The molecular formula is C32H30ClF3N2O4. The fourth-order valence-electron chi connectivity index (χ4n) is 4.87. The highest BCUT2D eigenvalue weighted by atomic mass is 35.5. The van der Waals surface area contributed by atoms with E-state index in [4.69, 9.17) is 16.7 Å². The van der Waals surface area contributed by atoms with Crippen LogP contribution in [0.2, 0.25) is 5.02 Å². The highest BCUT2D eigenvalue weighted by Gasteiger charge is 2.34. The number of hydrogen-bond acceptors (Lipinski definition) is 3. The third kappa shape index (κ3) is 8.00. The van der Waals surface area contributed by atoms with E-state index < -0.39 is 40.5 Å². The number of anilines is 1. The lowest BCUT2D eigenvalue weighted by atomic mass is 9.88. The van der Waals surface area contributed by atoms with Crippen LogP contribution < -0.4 is 10.6 Å². The van der Waals surface area contributed by atoms with Crippen LogP contribution in [-0.4, -0.2) is 29.4 Å². The lowest BCUT2D eigenvalue weighted by molar-refractivity contribution is -0.138. The zero-order valence-electron chi connectivity index (χ0n) is 22.6. The van der Waals surface area contributed by atoms with Crippen molar-refractivity contribution in [3.8, 4) is 0 Å². The minimum atomic E-state index is -4.68. The summed E-state index contributed by atoms with van der Waals surface area (Å²) in [7, 11) is 0. The van der Waals surface area contributed by atoms with Gasteiger partial charge in [-0.1, -0.05) is 60.1 Å². The summed E-state index contributed by atoms with van der Waals surface area (Å²) in [6.45, 7) is -0.0108. The van der Waals surface area contributed by atoms with Gasteiger partial charge in [0.05, 0.1) is 28.6 Å². The van der Waals surface area contributed by atoms with E-state index in [0.717, 1.165) is 37.3 Å². The molecule has 3 N–H and O–H groups in total. The summed E-state index contributed by atoms with van der Waals surface area (Å²) in [4.78, 5) is 36.6. The predicted molar refractivity (Wildman–Crippen MR) is 155 cm³/mol. The third-order valence-electron chi connectivity index (χ3n) is 7.13. The maximum Gasteiger partial charge on any atom is 0.417 e. The third-order valence-corrected chi connectivity index (χ3v) is 7.54. The van der Waals surface area contributed by atoms with Crippen LogP contribution in [0.5, 0.6) is 0 Å². The Morgan fingerprint density at radius 3 is 2.29 bits per heavy atom. The number of carbonyl (C=O) groups excluding carboxylic acids is 2. The molecule has 1 unspecified atom stereocenters. The van der Waals surface area contributed by atoms with E-state index >= 15 is 0 Å². The van der Waals surface area contributed by atoms with Crippen LogP contribution in [0.25, 0.3) is 5.57 Å². The van der Waals surface area contributed by atoms with Crippen molar-refractivity contribution in [2.75, 3.05) is 11.9 Å². The van der Waals surface area contributed by atoms with Gasteiger partial charge in [-0.3, -0.25) is 14.4 Å². The van der Waals surface area contributed by atoms with Gasteiger partial charge in [-0.05, 0) is 78.6 Å². The molecule has 0 aliphatic heterocycles. The van der Waals surface area contributed by atoms with Gasteiger partial charge in [-0.2, -0.15) is 13.2 Å². The maximum absolute atomic E-state index is 13.6. The van der Waals surface area contributed by atoms with E-state index in [1.54, 1.807) is 24.3 Å². The van der Waals surface area contributed by atoms with E-state index in [1.165, 1.54) is 17.7 Å². The highest BCUT2D eigenvalue weighted by molar-refractivity contribution is 6.34. The molecule has 4 rings (SSSR count). The SMILES string of the molecule is O=C(O)CCNC(=O)c1ccc(CC(C(=O)Nc2cccc(C(F)(F)F)c2Cl)c2ccc(C3=CCCCC3)cc2)cc1. The molecule has 0 saturated carbocycles. The topological polar surface area (TPSA) is 95.5 Å². The summed E-state index contributed by atoms with van der Waals surface area (Å²) in [6, 6.07) is 17.5. The molecule has 0 fully saturated rings. The van der Waals surface area contributed by atoms with Crippen molar-refractivity contribution in [2.24, 2.45) is 0 Å². The molecule has 3 aromatic rings. The van der Waals surface area contributed by atoms with E-state index in [9.17, 15) is 27.6 Å². The number of carboxylic acids is 1. The minimum absolute atomic E-state index is 0.0108. The molecule has 220 valence electrons. The van der Waals surface area contributed by atoms with Gasteiger partial charge in [0, 0.05) is 12.1 Å². The lowest BCUT2D eigenvalue weighted by Gasteiger charge is -2.20. The molecule has 1 aliphatic carbocycles. The molecule has 10 heteroatoms. The van der Waals surface area contributed by atoms with Gasteiger partial charge in [-0.25, -0.2) is 0 Å². The second-order valence-electron chi connectivity index (χ2n) is 10.1. The number of rotatable bonds is 10. The molecule has 1 aliphatic rings. The number of carbonyl (C=O) groups is 3. The molecule has 0 spiro atoms. The number of nitrogens with one attached hydrogen (secondary N) is 2. The van der Waals surface area contributed by atoms with Crippen LogP contribution >= 0.6 is 11.6 Å². The number of halogens is 4. The number of allylic oxidation sites excluding steroid dienone is 2. The van der Waals surface area contributed by atoms with Gasteiger partial charge in [0.15, 0.2) is 0 Å². The summed E-state index contributed by atoms with van der Waals surface area (Å²) >= 11 is 6.04. The van der Waals surface area contributed by atoms with Crippen molar-refractivity contribution in [2.45, 2.75) is 50.6 Å². The zero-order chi connectivity index (χ0) is 30.3. The normalized spacial score (nSPS) is 14.0. The van der Waals surface area contributed by atoms with Crippen LogP contribution in [0.3, 0.4) is 0 Å². The van der Waals surface area contributed by atoms with Gasteiger partial charge in [0.25, 0.3) is 5.91 Å². The summed E-state index contributed by atoms with van der Waals surface area (Å²) < 4.78 is 40.2. The molecular weight excluding hydrogens is 569 g/mol. The Morgan fingerprint density at radius 1 is 0.952 bits per heavy atom. The molecule has 0 aromatic heterocycles. The molecule has 42 heavy (non-hydrogen) atoms. The zero-order valence-corrected chi connectivity index (χ0v) is 23.4. The highest BCUT2D eigenvalue weighted by Crippen LogP contribution is 2.39. The Hall–Kier alpha value is -4.11. The number of carboxylic acid groups (broad SMARTS) is 1. The van der Waals surface area contributed by atoms with E-state index in [2.05, 4.69) is 16.7 Å². The average molecular weight is 599 g/mol. The molecule has 1 atom stereocenters. The van der Waals surface area contributed by atoms with Crippen LogP contribution in [0.4, 0.5) is 18.9 Å². The van der Waals surface area contributed by atoms with Gasteiger partial charge < -0.3 is 15.7 Å². The number of hydrogen-bond donors (Lipinski definition) is 3. The van der Waals surface area contributed by atoms with Gasteiger partial charge in [-0.15, -0.1) is 0 Å². The Bertz CT molecular complexity index is 1470. The summed E-state index contributed by atoms with van der Waals surface area (Å²) in [5.41, 5.74) is 2.85. The molecule has 0 saturated heterocycles. The van der Waals surface area contributed by atoms with Gasteiger partial charge in [0.2, 0.25) is 5.91 Å². The fourth-order valence-corrected chi connectivity index (χ4v) is 5.15.